The average molecular weight is 276 g/mol. The predicted molar refractivity (Wildman–Crippen MR) is 84.3 cm³/mol. The number of piperidine rings is 1. The number of rotatable bonds is 6. The Hall–Kier alpha value is -1.06. The number of ether oxygens (including phenoxy) is 1. The van der Waals surface area contributed by atoms with Gasteiger partial charge in [0.2, 0.25) is 0 Å². The largest absolute Gasteiger partial charge is 0.496 e. The van der Waals surface area contributed by atoms with E-state index >= 15 is 0 Å². The maximum atomic E-state index is 5.51. The SMILES string of the molecule is CCC(NC1CCCN(CC)C1)c1ccccc1OC. The van der Waals surface area contributed by atoms with Crippen molar-refractivity contribution in [2.45, 2.75) is 45.2 Å². The minimum absolute atomic E-state index is 0.382. The van der Waals surface area contributed by atoms with Crippen molar-refractivity contribution in [2.24, 2.45) is 0 Å². The number of likely N-dealkylation sites (tertiary alicyclic amines) is 1. The molecule has 3 nitrogen and oxygen atoms in total. The van der Waals surface area contributed by atoms with E-state index in [9.17, 15) is 0 Å². The Kier molecular flexibility index (Phi) is 5.86. The molecule has 0 radical (unpaired) electrons. The van der Waals surface area contributed by atoms with Gasteiger partial charge in [0, 0.05) is 24.2 Å². The average Bonchev–Trinajstić information content (AvgIpc) is 2.52. The fourth-order valence-corrected chi connectivity index (χ4v) is 3.15. The Morgan fingerprint density at radius 2 is 2.15 bits per heavy atom. The Bertz CT molecular complexity index is 408. The highest BCUT2D eigenvalue weighted by Crippen LogP contribution is 2.28. The third-order valence-electron chi connectivity index (χ3n) is 4.31. The maximum Gasteiger partial charge on any atom is 0.123 e. The molecule has 2 unspecified atom stereocenters. The van der Waals surface area contributed by atoms with Gasteiger partial charge >= 0.3 is 0 Å². The molecule has 112 valence electrons. The molecule has 0 amide bonds. The molecule has 1 fully saturated rings. The molecule has 20 heavy (non-hydrogen) atoms. The van der Waals surface area contributed by atoms with Crippen LogP contribution < -0.4 is 10.1 Å². The van der Waals surface area contributed by atoms with Crippen molar-refractivity contribution in [2.75, 3.05) is 26.7 Å². The van der Waals surface area contributed by atoms with Crippen molar-refractivity contribution in [3.05, 3.63) is 29.8 Å². The van der Waals surface area contributed by atoms with Gasteiger partial charge in [0.05, 0.1) is 7.11 Å². The van der Waals surface area contributed by atoms with E-state index < -0.39 is 0 Å². The number of hydrogen-bond acceptors (Lipinski definition) is 3. The smallest absolute Gasteiger partial charge is 0.123 e. The van der Waals surface area contributed by atoms with Gasteiger partial charge in [-0.1, -0.05) is 32.0 Å². The molecule has 3 heteroatoms. The normalized spacial score (nSPS) is 21.6. The van der Waals surface area contributed by atoms with E-state index in [1.54, 1.807) is 7.11 Å². The van der Waals surface area contributed by atoms with Crippen LogP contribution in [0.1, 0.15) is 44.7 Å². The number of nitrogens with zero attached hydrogens (tertiary/aromatic N) is 1. The van der Waals surface area contributed by atoms with Crippen LogP contribution in [-0.4, -0.2) is 37.7 Å². The summed E-state index contributed by atoms with van der Waals surface area (Å²) < 4.78 is 5.51. The van der Waals surface area contributed by atoms with Crippen LogP contribution in [0.2, 0.25) is 0 Å². The molecule has 0 bridgehead atoms. The van der Waals surface area contributed by atoms with E-state index in [1.807, 2.05) is 6.07 Å². The Morgan fingerprint density at radius 1 is 1.35 bits per heavy atom. The topological polar surface area (TPSA) is 24.5 Å². The second-order valence-electron chi connectivity index (χ2n) is 5.60. The second kappa shape index (κ2) is 7.65. The molecule has 1 N–H and O–H groups in total. The number of para-hydroxylation sites is 1. The van der Waals surface area contributed by atoms with Gasteiger partial charge in [-0.3, -0.25) is 0 Å². The summed E-state index contributed by atoms with van der Waals surface area (Å²) in [6, 6.07) is 9.35. The van der Waals surface area contributed by atoms with E-state index in [0.717, 1.165) is 18.7 Å². The standard InChI is InChI=1S/C17H28N2O/c1-4-16(15-10-6-7-11-17(15)20-3)18-14-9-8-12-19(5-2)13-14/h6-7,10-11,14,16,18H,4-5,8-9,12-13H2,1-3H3. The molecule has 1 aliphatic heterocycles. The zero-order valence-corrected chi connectivity index (χ0v) is 13.1. The number of hydrogen-bond donors (Lipinski definition) is 1. The number of nitrogens with one attached hydrogen (secondary N) is 1. The summed E-state index contributed by atoms with van der Waals surface area (Å²) in [7, 11) is 1.75. The summed E-state index contributed by atoms with van der Waals surface area (Å²) >= 11 is 0. The molecule has 0 spiro atoms. The molecule has 2 atom stereocenters. The van der Waals surface area contributed by atoms with E-state index in [1.165, 1.54) is 31.5 Å². The van der Waals surface area contributed by atoms with Crippen LogP contribution >= 0.6 is 0 Å². The molecule has 0 aromatic heterocycles. The van der Waals surface area contributed by atoms with Crippen LogP contribution in [0.4, 0.5) is 0 Å². The lowest BCUT2D eigenvalue weighted by Crippen LogP contribution is -2.46. The van der Waals surface area contributed by atoms with E-state index in [0.29, 0.717) is 12.1 Å². The van der Waals surface area contributed by atoms with Crippen LogP contribution in [0, 0.1) is 0 Å². The van der Waals surface area contributed by atoms with Gasteiger partial charge in [0.1, 0.15) is 5.75 Å². The lowest BCUT2D eigenvalue weighted by molar-refractivity contribution is 0.189. The lowest BCUT2D eigenvalue weighted by Gasteiger charge is -2.35. The van der Waals surface area contributed by atoms with Crippen LogP contribution in [0.25, 0.3) is 0 Å². The van der Waals surface area contributed by atoms with Crippen molar-refractivity contribution in [1.29, 1.82) is 0 Å². The molecule has 1 aromatic carbocycles. The fourth-order valence-electron chi connectivity index (χ4n) is 3.15. The molecule has 1 aromatic rings. The van der Waals surface area contributed by atoms with Gasteiger partial charge in [-0.05, 0) is 38.4 Å². The van der Waals surface area contributed by atoms with Gasteiger partial charge in [-0.15, -0.1) is 0 Å². The third-order valence-corrected chi connectivity index (χ3v) is 4.31. The summed E-state index contributed by atoms with van der Waals surface area (Å²) in [6.45, 7) is 8.07. The molecule has 2 rings (SSSR count). The summed E-state index contributed by atoms with van der Waals surface area (Å²) in [4.78, 5) is 2.54. The zero-order chi connectivity index (χ0) is 14.4. The van der Waals surface area contributed by atoms with Crippen LogP contribution in [0.5, 0.6) is 5.75 Å². The van der Waals surface area contributed by atoms with Gasteiger partial charge in [0.25, 0.3) is 0 Å². The minimum Gasteiger partial charge on any atom is -0.496 e. The van der Waals surface area contributed by atoms with Gasteiger partial charge in [-0.25, -0.2) is 0 Å². The molecular formula is C17H28N2O. The van der Waals surface area contributed by atoms with Gasteiger partial charge in [0.15, 0.2) is 0 Å². The molecule has 0 saturated carbocycles. The van der Waals surface area contributed by atoms with E-state index in [2.05, 4.69) is 42.3 Å². The highest BCUT2D eigenvalue weighted by molar-refractivity contribution is 5.35. The van der Waals surface area contributed by atoms with Gasteiger partial charge in [-0.2, -0.15) is 0 Å². The summed E-state index contributed by atoms with van der Waals surface area (Å²) in [5, 5.41) is 3.84. The summed E-state index contributed by atoms with van der Waals surface area (Å²) in [6.07, 6.45) is 3.67. The maximum absolute atomic E-state index is 5.51. The first-order chi connectivity index (χ1) is 9.78. The quantitative estimate of drug-likeness (QED) is 0.863. The first kappa shape index (κ1) is 15.3. The first-order valence-corrected chi connectivity index (χ1v) is 7.89. The Labute approximate surface area is 123 Å². The first-order valence-electron chi connectivity index (χ1n) is 7.89. The van der Waals surface area contributed by atoms with Gasteiger partial charge < -0.3 is 15.0 Å². The minimum atomic E-state index is 0.382. The summed E-state index contributed by atoms with van der Waals surface area (Å²) in [5.41, 5.74) is 1.28. The second-order valence-corrected chi connectivity index (χ2v) is 5.60. The Balaban J connectivity index is 2.05. The number of benzene rings is 1. The van der Waals surface area contributed by atoms with Crippen molar-refractivity contribution in [3.63, 3.8) is 0 Å². The van der Waals surface area contributed by atoms with Crippen molar-refractivity contribution in [3.8, 4) is 5.75 Å². The molecule has 1 aliphatic rings. The van der Waals surface area contributed by atoms with Crippen LogP contribution in [0.15, 0.2) is 24.3 Å². The zero-order valence-electron chi connectivity index (χ0n) is 13.1. The molecular weight excluding hydrogens is 248 g/mol. The van der Waals surface area contributed by atoms with Crippen LogP contribution in [-0.2, 0) is 0 Å². The van der Waals surface area contributed by atoms with E-state index in [-0.39, 0.29) is 0 Å². The number of methoxy groups -OCH3 is 1. The highest BCUT2D eigenvalue weighted by Gasteiger charge is 2.22. The predicted octanol–water partition coefficient (Wildman–Crippen LogP) is 3.22. The molecule has 1 heterocycles. The summed E-state index contributed by atoms with van der Waals surface area (Å²) in [5.74, 6) is 0.995. The molecule has 1 saturated heterocycles. The monoisotopic (exact) mass is 276 g/mol. The molecule has 0 aliphatic carbocycles. The number of likely N-dealkylation sites (N-methyl/N-ethyl adjacent to an activating group) is 1. The van der Waals surface area contributed by atoms with Crippen molar-refractivity contribution >= 4 is 0 Å². The van der Waals surface area contributed by atoms with Crippen LogP contribution in [0.3, 0.4) is 0 Å². The Morgan fingerprint density at radius 3 is 2.85 bits per heavy atom. The van der Waals surface area contributed by atoms with Crippen molar-refractivity contribution < 1.29 is 4.74 Å². The highest BCUT2D eigenvalue weighted by atomic mass is 16.5. The fraction of sp³-hybridized carbons (Fsp3) is 0.647. The van der Waals surface area contributed by atoms with Crippen molar-refractivity contribution in [1.82, 2.24) is 10.2 Å². The third kappa shape index (κ3) is 3.74. The van der Waals surface area contributed by atoms with E-state index in [4.69, 9.17) is 4.74 Å². The lowest BCUT2D eigenvalue weighted by atomic mass is 9.99.